The highest BCUT2D eigenvalue weighted by Crippen LogP contribution is 2.35. The molecular weight excluding hydrogens is 584 g/mol. The quantitative estimate of drug-likeness (QED) is 0.247. The minimum atomic E-state index is -1.25. The van der Waals surface area contributed by atoms with E-state index in [9.17, 15) is 18.4 Å². The van der Waals surface area contributed by atoms with E-state index in [1.807, 2.05) is 54.6 Å². The number of likely N-dealkylation sites (tertiary alicyclic amines) is 1. The smallest absolute Gasteiger partial charge is 0.334 e. The maximum atomic E-state index is 14.1. The molecule has 5 rings (SSSR count). The molecule has 1 amide bonds. The molecule has 8 nitrogen and oxygen atoms in total. The number of benzene rings is 3. The lowest BCUT2D eigenvalue weighted by Gasteiger charge is -2.40. The van der Waals surface area contributed by atoms with Crippen LogP contribution in [-0.2, 0) is 19.9 Å². The number of hydrogen-bond acceptors (Lipinski definition) is 6. The molecule has 1 saturated heterocycles. The number of nitrogens with zero attached hydrogens (tertiary/aromatic N) is 4. The second-order valence-electron chi connectivity index (χ2n) is 9.65. The molecular formula is C29H26BrF2N5O3. The number of nitrogen functional groups attached to an aromatic ring is 1. The SMILES string of the molecule is COC(=O)C1(n2cc(-c3cc(F)c(N)c(F)c3)nn2)CCN(C(=O)C(c2ccccc2)c2ccc(Br)cc2)CC1. The zero-order chi connectivity index (χ0) is 28.4. The van der Waals surface area contributed by atoms with Gasteiger partial charge in [0.15, 0.2) is 5.54 Å². The summed E-state index contributed by atoms with van der Waals surface area (Å²) < 4.78 is 35.5. The zero-order valence-electron chi connectivity index (χ0n) is 21.6. The standard InChI is InChI=1S/C29H26BrF2N5O3/c1-40-28(39)29(37-17-24(34-35-37)20-15-22(31)26(33)23(32)16-20)11-13-36(14-12-29)27(38)25(18-5-3-2-4-6-18)19-7-9-21(30)10-8-19/h2-10,15-17,25H,11-14,33H2,1H3. The second kappa shape index (κ2) is 11.2. The highest BCUT2D eigenvalue weighted by molar-refractivity contribution is 9.10. The Morgan fingerprint density at radius 1 is 1.00 bits per heavy atom. The third-order valence-electron chi connectivity index (χ3n) is 7.36. The maximum Gasteiger partial charge on any atom is 0.334 e. The van der Waals surface area contributed by atoms with Crippen molar-refractivity contribution >= 4 is 33.5 Å². The summed E-state index contributed by atoms with van der Waals surface area (Å²) in [5, 5.41) is 8.18. The maximum absolute atomic E-state index is 14.1. The first-order valence-electron chi connectivity index (χ1n) is 12.6. The highest BCUT2D eigenvalue weighted by atomic mass is 79.9. The molecule has 0 aliphatic carbocycles. The number of esters is 1. The number of hydrogen-bond donors (Lipinski definition) is 1. The summed E-state index contributed by atoms with van der Waals surface area (Å²) in [5.74, 6) is -2.99. The van der Waals surface area contributed by atoms with Crippen LogP contribution in [-0.4, -0.2) is 52.0 Å². The summed E-state index contributed by atoms with van der Waals surface area (Å²) in [7, 11) is 1.28. The van der Waals surface area contributed by atoms with Gasteiger partial charge in [-0.3, -0.25) is 4.79 Å². The molecule has 0 radical (unpaired) electrons. The van der Waals surface area contributed by atoms with Gasteiger partial charge in [-0.2, -0.15) is 0 Å². The lowest BCUT2D eigenvalue weighted by Crippen LogP contribution is -2.53. The number of halogens is 3. The van der Waals surface area contributed by atoms with Crippen LogP contribution in [0, 0.1) is 11.6 Å². The van der Waals surface area contributed by atoms with E-state index in [2.05, 4.69) is 26.2 Å². The molecule has 206 valence electrons. The van der Waals surface area contributed by atoms with Gasteiger partial charge >= 0.3 is 5.97 Å². The molecule has 1 aliphatic heterocycles. The minimum Gasteiger partial charge on any atom is -0.467 e. The Hall–Kier alpha value is -4.12. The van der Waals surface area contributed by atoms with E-state index >= 15 is 0 Å². The molecule has 0 saturated carbocycles. The number of carbonyl (C=O) groups excluding carboxylic acids is 2. The van der Waals surface area contributed by atoms with Crippen molar-refractivity contribution in [3.8, 4) is 11.3 Å². The summed E-state index contributed by atoms with van der Waals surface area (Å²) in [6.45, 7) is 0.516. The molecule has 40 heavy (non-hydrogen) atoms. The Morgan fingerprint density at radius 3 is 2.20 bits per heavy atom. The van der Waals surface area contributed by atoms with Crippen LogP contribution < -0.4 is 5.73 Å². The largest absolute Gasteiger partial charge is 0.467 e. The highest BCUT2D eigenvalue weighted by Gasteiger charge is 2.47. The Morgan fingerprint density at radius 2 is 1.60 bits per heavy atom. The van der Waals surface area contributed by atoms with Crippen molar-refractivity contribution in [2.75, 3.05) is 25.9 Å². The number of nitrogens with two attached hydrogens (primary N) is 1. The number of anilines is 1. The number of methoxy groups -OCH3 is 1. The van der Waals surface area contributed by atoms with Crippen LogP contribution in [0.25, 0.3) is 11.3 Å². The van der Waals surface area contributed by atoms with E-state index in [0.29, 0.717) is 0 Å². The average Bonchev–Trinajstić information content (AvgIpc) is 3.48. The van der Waals surface area contributed by atoms with Gasteiger partial charge in [-0.1, -0.05) is 63.6 Å². The molecule has 11 heteroatoms. The van der Waals surface area contributed by atoms with Crippen LogP contribution in [0.4, 0.5) is 14.5 Å². The summed E-state index contributed by atoms with van der Waals surface area (Å²) in [6.07, 6.45) is 1.87. The van der Waals surface area contributed by atoms with Crippen molar-refractivity contribution in [3.05, 3.63) is 100 Å². The number of rotatable bonds is 6. The van der Waals surface area contributed by atoms with E-state index in [-0.39, 0.29) is 43.1 Å². The molecule has 4 aromatic rings. The van der Waals surface area contributed by atoms with E-state index in [0.717, 1.165) is 27.7 Å². The van der Waals surface area contributed by atoms with Gasteiger partial charge in [-0.15, -0.1) is 5.10 Å². The molecule has 3 aromatic carbocycles. The van der Waals surface area contributed by atoms with Gasteiger partial charge in [0.25, 0.3) is 0 Å². The lowest BCUT2D eigenvalue weighted by atomic mass is 9.85. The monoisotopic (exact) mass is 609 g/mol. The fraction of sp³-hybridized carbons (Fsp3) is 0.241. The predicted molar refractivity (Wildman–Crippen MR) is 148 cm³/mol. The fourth-order valence-corrected chi connectivity index (χ4v) is 5.38. The zero-order valence-corrected chi connectivity index (χ0v) is 23.1. The van der Waals surface area contributed by atoms with Gasteiger partial charge in [0.1, 0.15) is 23.0 Å². The summed E-state index contributed by atoms with van der Waals surface area (Å²) >= 11 is 3.45. The Kier molecular flexibility index (Phi) is 7.66. The number of amides is 1. The lowest BCUT2D eigenvalue weighted by molar-refractivity contribution is -0.157. The van der Waals surface area contributed by atoms with Crippen LogP contribution in [0.1, 0.15) is 29.9 Å². The summed E-state index contributed by atoms with van der Waals surface area (Å²) in [4.78, 5) is 28.8. The van der Waals surface area contributed by atoms with Gasteiger partial charge in [0.2, 0.25) is 5.91 Å². The molecule has 1 fully saturated rings. The first-order chi connectivity index (χ1) is 19.2. The predicted octanol–water partition coefficient (Wildman–Crippen LogP) is 4.89. The normalized spacial score (nSPS) is 15.4. The average molecular weight is 610 g/mol. The third-order valence-corrected chi connectivity index (χ3v) is 7.89. The van der Waals surface area contributed by atoms with Crippen LogP contribution in [0.15, 0.2) is 77.4 Å². The van der Waals surface area contributed by atoms with Gasteiger partial charge in [0.05, 0.1) is 19.2 Å². The van der Waals surface area contributed by atoms with Crippen molar-refractivity contribution in [2.24, 2.45) is 0 Å². The van der Waals surface area contributed by atoms with Crippen LogP contribution >= 0.6 is 15.9 Å². The molecule has 2 N–H and O–H groups in total. The van der Waals surface area contributed by atoms with Crippen molar-refractivity contribution in [3.63, 3.8) is 0 Å². The number of piperidine rings is 1. The number of ether oxygens (including phenoxy) is 1. The van der Waals surface area contributed by atoms with Gasteiger partial charge in [-0.25, -0.2) is 18.3 Å². The van der Waals surface area contributed by atoms with Crippen LogP contribution in [0.2, 0.25) is 0 Å². The number of carbonyl (C=O) groups is 2. The molecule has 0 spiro atoms. The fourth-order valence-electron chi connectivity index (χ4n) is 5.11. The van der Waals surface area contributed by atoms with Crippen molar-refractivity contribution in [2.45, 2.75) is 24.3 Å². The second-order valence-corrected chi connectivity index (χ2v) is 10.6. The van der Waals surface area contributed by atoms with Crippen molar-refractivity contribution in [1.29, 1.82) is 0 Å². The number of aromatic nitrogens is 3. The van der Waals surface area contributed by atoms with Crippen LogP contribution in [0.3, 0.4) is 0 Å². The Labute approximate surface area is 237 Å². The van der Waals surface area contributed by atoms with Gasteiger partial charge < -0.3 is 15.4 Å². The molecule has 0 bridgehead atoms. The molecule has 2 heterocycles. The topological polar surface area (TPSA) is 103 Å². The summed E-state index contributed by atoms with van der Waals surface area (Å²) in [5.41, 5.74) is 5.56. The van der Waals surface area contributed by atoms with Crippen molar-refractivity contribution < 1.29 is 23.1 Å². The van der Waals surface area contributed by atoms with E-state index in [4.69, 9.17) is 10.5 Å². The van der Waals surface area contributed by atoms with E-state index in [1.54, 1.807) is 4.90 Å². The molecule has 1 unspecified atom stereocenters. The molecule has 1 aromatic heterocycles. The van der Waals surface area contributed by atoms with Gasteiger partial charge in [-0.05, 0) is 35.4 Å². The summed E-state index contributed by atoms with van der Waals surface area (Å²) in [6, 6.07) is 19.3. The third kappa shape index (κ3) is 5.08. The van der Waals surface area contributed by atoms with Crippen molar-refractivity contribution in [1.82, 2.24) is 19.9 Å². The first kappa shape index (κ1) is 27.4. The molecule has 1 atom stereocenters. The van der Waals surface area contributed by atoms with E-state index in [1.165, 1.54) is 18.0 Å². The Balaban J connectivity index is 1.42. The Bertz CT molecular complexity index is 1510. The van der Waals surface area contributed by atoms with Crippen LogP contribution in [0.5, 0.6) is 0 Å². The molecule has 1 aliphatic rings. The minimum absolute atomic E-state index is 0.0842. The van der Waals surface area contributed by atoms with E-state index < -0.39 is 34.7 Å². The first-order valence-corrected chi connectivity index (χ1v) is 13.4. The van der Waals surface area contributed by atoms with Gasteiger partial charge in [0, 0.05) is 36.0 Å².